The highest BCUT2D eigenvalue weighted by molar-refractivity contribution is 5.93. The average Bonchev–Trinajstić information content (AvgIpc) is 2.97. The van der Waals surface area contributed by atoms with E-state index in [9.17, 15) is 19.1 Å². The molecule has 1 saturated heterocycles. The SMILES string of the molecule is C=CC(=O)N1CCC(Oc2cc3c(Nc4cc(Oc5cccc(F)n5)ccc4C(C)(C)O)ncnc3cc2OC=O)CC1. The fourth-order valence-electron chi connectivity index (χ4n) is 4.82. The van der Waals surface area contributed by atoms with Gasteiger partial charge in [0, 0.05) is 60.8 Å². The van der Waals surface area contributed by atoms with Gasteiger partial charge in [0.1, 0.15) is 24.0 Å². The van der Waals surface area contributed by atoms with Gasteiger partial charge in [0.25, 0.3) is 6.47 Å². The number of likely N-dealkylation sites (tertiary alicyclic amines) is 1. The van der Waals surface area contributed by atoms with Crippen molar-refractivity contribution in [1.29, 1.82) is 0 Å². The highest BCUT2D eigenvalue weighted by Gasteiger charge is 2.25. The molecule has 0 bridgehead atoms. The molecule has 1 amide bonds. The largest absolute Gasteiger partial charge is 0.486 e. The Bertz CT molecular complexity index is 1670. The van der Waals surface area contributed by atoms with Crippen LogP contribution in [0.5, 0.6) is 23.1 Å². The summed E-state index contributed by atoms with van der Waals surface area (Å²) in [6, 6.07) is 12.5. The number of aliphatic hydroxyl groups is 1. The maximum atomic E-state index is 13.6. The number of anilines is 2. The summed E-state index contributed by atoms with van der Waals surface area (Å²) < 4.78 is 30.9. The van der Waals surface area contributed by atoms with Crippen LogP contribution in [0.25, 0.3) is 10.9 Å². The molecule has 0 saturated carbocycles. The van der Waals surface area contributed by atoms with E-state index in [4.69, 9.17) is 14.2 Å². The molecule has 2 N–H and O–H groups in total. The molecule has 0 atom stereocenters. The van der Waals surface area contributed by atoms with Crippen molar-refractivity contribution in [2.24, 2.45) is 0 Å². The summed E-state index contributed by atoms with van der Waals surface area (Å²) in [6.07, 6.45) is 3.57. The Kier molecular flexibility index (Phi) is 8.48. The Hall–Kier alpha value is -5.10. The molecule has 11 nitrogen and oxygen atoms in total. The Morgan fingerprint density at radius 1 is 1.14 bits per heavy atom. The number of piperidine rings is 1. The highest BCUT2D eigenvalue weighted by Crippen LogP contribution is 2.39. The van der Waals surface area contributed by atoms with E-state index in [1.54, 1.807) is 49.1 Å². The van der Waals surface area contributed by atoms with E-state index >= 15 is 0 Å². The molecule has 0 aliphatic carbocycles. The predicted octanol–water partition coefficient (Wildman–Crippen LogP) is 5.02. The van der Waals surface area contributed by atoms with Crippen molar-refractivity contribution in [3.05, 3.63) is 79.0 Å². The number of amides is 1. The number of hydrogen-bond acceptors (Lipinski definition) is 10. The van der Waals surface area contributed by atoms with E-state index in [1.807, 2.05) is 0 Å². The monoisotopic (exact) mass is 587 g/mol. The van der Waals surface area contributed by atoms with E-state index in [1.165, 1.54) is 30.6 Å². The zero-order valence-electron chi connectivity index (χ0n) is 23.6. The van der Waals surface area contributed by atoms with Crippen LogP contribution < -0.4 is 19.5 Å². The van der Waals surface area contributed by atoms with E-state index in [0.29, 0.717) is 71.9 Å². The van der Waals surface area contributed by atoms with Crippen LogP contribution in [0.4, 0.5) is 15.9 Å². The summed E-state index contributed by atoms with van der Waals surface area (Å²) in [6.45, 7) is 8.15. The lowest BCUT2D eigenvalue weighted by atomic mass is 9.96. The van der Waals surface area contributed by atoms with Gasteiger partial charge in [-0.2, -0.15) is 9.37 Å². The Labute approximate surface area is 247 Å². The first-order valence-corrected chi connectivity index (χ1v) is 13.6. The number of rotatable bonds is 10. The van der Waals surface area contributed by atoms with Gasteiger partial charge >= 0.3 is 0 Å². The fraction of sp³-hybridized carbons (Fsp3) is 0.258. The van der Waals surface area contributed by atoms with Crippen molar-refractivity contribution in [1.82, 2.24) is 19.9 Å². The van der Waals surface area contributed by atoms with Crippen LogP contribution in [-0.2, 0) is 15.2 Å². The number of halogens is 1. The predicted molar refractivity (Wildman–Crippen MR) is 156 cm³/mol. The minimum atomic E-state index is -1.25. The summed E-state index contributed by atoms with van der Waals surface area (Å²) in [4.78, 5) is 37.5. The lowest BCUT2D eigenvalue weighted by Crippen LogP contribution is -2.41. The van der Waals surface area contributed by atoms with Gasteiger partial charge in [-0.25, -0.2) is 9.97 Å². The van der Waals surface area contributed by atoms with Crippen LogP contribution in [0.1, 0.15) is 32.3 Å². The molecule has 1 aliphatic rings. The summed E-state index contributed by atoms with van der Waals surface area (Å²) in [5, 5.41) is 14.7. The molecule has 12 heteroatoms. The Morgan fingerprint density at radius 3 is 2.63 bits per heavy atom. The quantitative estimate of drug-likeness (QED) is 0.148. The average molecular weight is 588 g/mol. The standard InChI is InChI=1S/C31H30FN5O6/c1-4-29(39)37-12-10-19(11-13-37)42-26-15-21-23(16-25(26)41-18-38)33-17-34-30(21)35-24-14-20(8-9-22(24)31(2,3)40)43-28-7-5-6-27(32)36-28/h4-9,14-19,40H,1,10-13H2,2-3H3,(H,33,34,35). The van der Waals surface area contributed by atoms with Gasteiger partial charge in [-0.3, -0.25) is 9.59 Å². The molecule has 43 heavy (non-hydrogen) atoms. The van der Waals surface area contributed by atoms with E-state index < -0.39 is 11.5 Å². The summed E-state index contributed by atoms with van der Waals surface area (Å²) >= 11 is 0. The van der Waals surface area contributed by atoms with Gasteiger partial charge in [0.05, 0.1) is 11.1 Å². The zero-order chi connectivity index (χ0) is 30.6. The zero-order valence-corrected chi connectivity index (χ0v) is 23.6. The Morgan fingerprint density at radius 2 is 1.93 bits per heavy atom. The second kappa shape index (κ2) is 12.4. The normalized spacial score (nSPS) is 13.8. The number of pyridine rings is 1. The van der Waals surface area contributed by atoms with Crippen molar-refractivity contribution >= 4 is 34.8 Å². The second-order valence-corrected chi connectivity index (χ2v) is 10.4. The van der Waals surface area contributed by atoms with Crippen molar-refractivity contribution in [2.75, 3.05) is 18.4 Å². The van der Waals surface area contributed by atoms with E-state index in [0.717, 1.165) is 0 Å². The van der Waals surface area contributed by atoms with Crippen LogP contribution in [0.15, 0.2) is 67.5 Å². The number of hydrogen-bond donors (Lipinski definition) is 2. The number of carbonyl (C=O) groups is 2. The number of fused-ring (bicyclic) bond motifs is 1. The van der Waals surface area contributed by atoms with E-state index in [-0.39, 0.29) is 23.6 Å². The Balaban J connectivity index is 1.48. The fourth-order valence-corrected chi connectivity index (χ4v) is 4.82. The topological polar surface area (TPSA) is 136 Å². The van der Waals surface area contributed by atoms with Crippen LogP contribution in [-0.4, -0.2) is 56.5 Å². The third kappa shape index (κ3) is 6.87. The number of nitrogens with zero attached hydrogens (tertiary/aromatic N) is 4. The number of ether oxygens (including phenoxy) is 3. The van der Waals surface area contributed by atoms with Crippen molar-refractivity contribution < 1.29 is 33.3 Å². The molecule has 2 aromatic heterocycles. The van der Waals surface area contributed by atoms with Crippen molar-refractivity contribution in [3.8, 4) is 23.1 Å². The van der Waals surface area contributed by atoms with Gasteiger partial charge in [-0.15, -0.1) is 0 Å². The molecular weight excluding hydrogens is 557 g/mol. The van der Waals surface area contributed by atoms with Crippen LogP contribution in [0.2, 0.25) is 0 Å². The minimum Gasteiger partial charge on any atom is -0.486 e. The summed E-state index contributed by atoms with van der Waals surface area (Å²) in [7, 11) is 0. The molecule has 0 radical (unpaired) electrons. The number of benzene rings is 2. The molecule has 1 fully saturated rings. The first-order chi connectivity index (χ1) is 20.6. The minimum absolute atomic E-state index is 0.0682. The third-order valence-corrected chi connectivity index (χ3v) is 6.91. The number of carbonyl (C=O) groups excluding carboxylic acids is 2. The van der Waals surface area contributed by atoms with Crippen molar-refractivity contribution in [3.63, 3.8) is 0 Å². The molecule has 2 aromatic carbocycles. The third-order valence-electron chi connectivity index (χ3n) is 6.91. The molecular formula is C31H30FN5O6. The number of aromatic nitrogens is 3. The van der Waals surface area contributed by atoms with Gasteiger partial charge < -0.3 is 29.5 Å². The molecule has 0 unspecified atom stereocenters. The molecule has 4 aromatic rings. The number of nitrogens with one attached hydrogen (secondary N) is 1. The summed E-state index contributed by atoms with van der Waals surface area (Å²) in [5.74, 6) is 0.482. The second-order valence-electron chi connectivity index (χ2n) is 10.4. The van der Waals surface area contributed by atoms with Crippen LogP contribution >= 0.6 is 0 Å². The summed E-state index contributed by atoms with van der Waals surface area (Å²) in [5.41, 5.74) is 0.227. The molecule has 5 rings (SSSR count). The maximum Gasteiger partial charge on any atom is 0.298 e. The first-order valence-electron chi connectivity index (χ1n) is 13.6. The highest BCUT2D eigenvalue weighted by atomic mass is 19.1. The molecule has 0 spiro atoms. The molecule has 1 aliphatic heterocycles. The molecule has 222 valence electrons. The van der Waals surface area contributed by atoms with Crippen LogP contribution in [0.3, 0.4) is 0 Å². The van der Waals surface area contributed by atoms with Crippen LogP contribution in [0, 0.1) is 5.95 Å². The maximum absolute atomic E-state index is 13.6. The van der Waals surface area contributed by atoms with Gasteiger partial charge in [-0.1, -0.05) is 18.7 Å². The van der Waals surface area contributed by atoms with E-state index in [2.05, 4.69) is 26.8 Å². The van der Waals surface area contributed by atoms with Gasteiger partial charge in [0.2, 0.25) is 17.7 Å². The van der Waals surface area contributed by atoms with Gasteiger partial charge in [-0.05, 0) is 38.1 Å². The molecule has 3 heterocycles. The lowest BCUT2D eigenvalue weighted by Gasteiger charge is -2.31. The van der Waals surface area contributed by atoms with Crippen molar-refractivity contribution in [2.45, 2.75) is 38.4 Å². The smallest absolute Gasteiger partial charge is 0.298 e. The first kappa shape index (κ1) is 29.4. The van der Waals surface area contributed by atoms with Gasteiger partial charge in [0.15, 0.2) is 11.5 Å². The lowest BCUT2D eigenvalue weighted by molar-refractivity contribution is -0.127.